The fourth-order valence-corrected chi connectivity index (χ4v) is 4.36. The summed E-state index contributed by atoms with van der Waals surface area (Å²) in [5.41, 5.74) is 2.73. The fraction of sp³-hybridized carbons (Fsp3) is 0.154. The number of rotatable bonds is 9. The third-order valence-corrected chi connectivity index (χ3v) is 6.37. The van der Waals surface area contributed by atoms with Crippen molar-refractivity contribution < 1.29 is 9.59 Å². The van der Waals surface area contributed by atoms with Gasteiger partial charge in [0.25, 0.3) is 0 Å². The second kappa shape index (κ2) is 11.1. The number of nitrogens with one attached hydrogen (secondary N) is 1. The molecule has 6 nitrogen and oxygen atoms in total. The van der Waals surface area contributed by atoms with Crippen molar-refractivity contribution in [2.75, 3.05) is 5.75 Å². The number of para-hydroxylation sites is 1. The lowest BCUT2D eigenvalue weighted by Gasteiger charge is -2.16. The fourth-order valence-electron chi connectivity index (χ4n) is 3.47. The average Bonchev–Trinajstić information content (AvgIpc) is 3.28. The van der Waals surface area contributed by atoms with E-state index in [9.17, 15) is 9.59 Å². The van der Waals surface area contributed by atoms with Crippen LogP contribution in [0.2, 0.25) is 5.02 Å². The number of carbonyl (C=O) groups excluding carboxylic acids is 2. The molecule has 4 rings (SSSR count). The molecule has 0 bridgehead atoms. The van der Waals surface area contributed by atoms with Crippen LogP contribution in [0.15, 0.2) is 90.1 Å². The van der Waals surface area contributed by atoms with Crippen LogP contribution >= 0.6 is 23.4 Å². The van der Waals surface area contributed by atoms with Crippen molar-refractivity contribution in [3.63, 3.8) is 0 Å². The van der Waals surface area contributed by atoms with E-state index in [0.717, 1.165) is 16.8 Å². The molecule has 1 N–H and O–H groups in total. The Morgan fingerprint density at radius 2 is 1.59 bits per heavy atom. The van der Waals surface area contributed by atoms with E-state index in [1.807, 2.05) is 77.4 Å². The van der Waals surface area contributed by atoms with Crippen LogP contribution in [0, 0.1) is 0 Å². The second-order valence-electron chi connectivity index (χ2n) is 7.69. The number of nitrogens with zero attached hydrogens (tertiary/aromatic N) is 3. The zero-order chi connectivity index (χ0) is 23.9. The van der Waals surface area contributed by atoms with Crippen LogP contribution in [0.5, 0.6) is 0 Å². The number of hydrogen-bond donors (Lipinski definition) is 1. The number of hydrogen-bond acceptors (Lipinski definition) is 5. The Kier molecular flexibility index (Phi) is 7.77. The first kappa shape index (κ1) is 23.7. The molecule has 0 aliphatic rings. The van der Waals surface area contributed by atoms with E-state index in [-0.39, 0.29) is 17.4 Å². The first-order valence-electron chi connectivity index (χ1n) is 10.7. The lowest BCUT2D eigenvalue weighted by atomic mass is 10.0. The smallest absolute Gasteiger partial charge is 0.231 e. The highest BCUT2D eigenvalue weighted by Crippen LogP contribution is 2.28. The minimum absolute atomic E-state index is 0.0836. The molecule has 172 valence electrons. The monoisotopic (exact) mass is 490 g/mol. The highest BCUT2D eigenvalue weighted by molar-refractivity contribution is 7.99. The van der Waals surface area contributed by atoms with Gasteiger partial charge in [-0.3, -0.25) is 14.2 Å². The Labute approximate surface area is 207 Å². The summed E-state index contributed by atoms with van der Waals surface area (Å²) in [6.07, 6.45) is 0.452. The van der Waals surface area contributed by atoms with Crippen LogP contribution in [0.4, 0.5) is 0 Å². The number of benzene rings is 3. The maximum Gasteiger partial charge on any atom is 0.231 e. The molecule has 0 saturated heterocycles. The molecule has 0 aliphatic heterocycles. The van der Waals surface area contributed by atoms with E-state index in [1.165, 1.54) is 18.7 Å². The van der Waals surface area contributed by atoms with Gasteiger partial charge in [0.2, 0.25) is 5.91 Å². The molecule has 34 heavy (non-hydrogen) atoms. The van der Waals surface area contributed by atoms with Crippen LogP contribution in [0.3, 0.4) is 0 Å². The predicted molar refractivity (Wildman–Crippen MR) is 135 cm³/mol. The van der Waals surface area contributed by atoms with E-state index in [2.05, 4.69) is 15.5 Å². The number of amides is 1. The Hall–Kier alpha value is -3.42. The van der Waals surface area contributed by atoms with Gasteiger partial charge in [0.15, 0.2) is 16.8 Å². The van der Waals surface area contributed by atoms with Gasteiger partial charge in [-0.2, -0.15) is 0 Å². The van der Waals surface area contributed by atoms with Gasteiger partial charge in [0.05, 0.1) is 11.8 Å². The summed E-state index contributed by atoms with van der Waals surface area (Å²) in [4.78, 5) is 24.9. The highest BCUT2D eigenvalue weighted by Gasteiger charge is 2.20. The third kappa shape index (κ3) is 5.92. The molecule has 1 heterocycles. The van der Waals surface area contributed by atoms with Gasteiger partial charge in [-0.25, -0.2) is 0 Å². The van der Waals surface area contributed by atoms with E-state index < -0.39 is 6.04 Å². The number of ketones is 1. The first-order valence-corrected chi connectivity index (χ1v) is 12.1. The van der Waals surface area contributed by atoms with E-state index in [1.54, 1.807) is 12.1 Å². The molecule has 1 unspecified atom stereocenters. The van der Waals surface area contributed by atoms with Crippen molar-refractivity contribution in [2.45, 2.75) is 24.5 Å². The van der Waals surface area contributed by atoms with Gasteiger partial charge in [-0.05, 0) is 55.3 Å². The van der Waals surface area contributed by atoms with Crippen molar-refractivity contribution >= 4 is 35.1 Å². The van der Waals surface area contributed by atoms with Gasteiger partial charge in [0.1, 0.15) is 0 Å². The molecular weight excluding hydrogens is 468 g/mol. The van der Waals surface area contributed by atoms with Crippen LogP contribution in [0.25, 0.3) is 17.1 Å². The molecule has 0 spiro atoms. The SMILES string of the molecule is CC(=O)C(Cc1ccccc1)NC(=O)CSc1nnc(-c2ccc(Cl)cc2)n1-c1ccccc1. The zero-order valence-corrected chi connectivity index (χ0v) is 20.1. The lowest BCUT2D eigenvalue weighted by molar-refractivity contribution is -0.125. The van der Waals surface area contributed by atoms with E-state index in [4.69, 9.17) is 11.6 Å². The summed E-state index contributed by atoms with van der Waals surface area (Å²) in [6.45, 7) is 1.49. The molecule has 3 aromatic carbocycles. The normalized spacial score (nSPS) is 11.7. The maximum atomic E-state index is 12.7. The summed E-state index contributed by atoms with van der Waals surface area (Å²) in [6, 6.07) is 26.1. The number of halogens is 1. The van der Waals surface area contributed by atoms with Crippen LogP contribution in [-0.4, -0.2) is 38.2 Å². The van der Waals surface area contributed by atoms with Crippen LogP contribution < -0.4 is 5.32 Å². The molecule has 4 aromatic rings. The first-order chi connectivity index (χ1) is 16.5. The van der Waals surface area contributed by atoms with E-state index >= 15 is 0 Å². The molecule has 0 aliphatic carbocycles. The largest absolute Gasteiger partial charge is 0.345 e. The Bertz CT molecular complexity index is 1260. The van der Waals surface area contributed by atoms with Crippen molar-refractivity contribution in [2.24, 2.45) is 0 Å². The summed E-state index contributed by atoms with van der Waals surface area (Å²) >= 11 is 7.31. The topological polar surface area (TPSA) is 76.9 Å². The molecule has 0 saturated carbocycles. The van der Waals surface area contributed by atoms with Crippen molar-refractivity contribution in [1.82, 2.24) is 20.1 Å². The van der Waals surface area contributed by atoms with Crippen molar-refractivity contribution in [3.05, 3.63) is 95.5 Å². The molecule has 8 heteroatoms. The Morgan fingerprint density at radius 3 is 2.24 bits per heavy atom. The number of Topliss-reactive ketones (excluding diaryl/α,β-unsaturated/α-hetero) is 1. The summed E-state index contributed by atoms with van der Waals surface area (Å²) in [5.74, 6) is 0.428. The molecule has 0 radical (unpaired) electrons. The summed E-state index contributed by atoms with van der Waals surface area (Å²) in [7, 11) is 0. The minimum Gasteiger partial charge on any atom is -0.345 e. The number of aromatic nitrogens is 3. The number of carbonyl (C=O) groups is 2. The van der Waals surface area contributed by atoms with Gasteiger partial charge in [-0.1, -0.05) is 71.9 Å². The summed E-state index contributed by atoms with van der Waals surface area (Å²) < 4.78 is 1.91. The van der Waals surface area contributed by atoms with Crippen molar-refractivity contribution in [1.29, 1.82) is 0 Å². The standard InChI is InChI=1S/C26H23ClN4O2S/c1-18(32)23(16-19-8-4-2-5-9-19)28-24(33)17-34-26-30-29-25(20-12-14-21(27)15-13-20)31(26)22-10-6-3-7-11-22/h2-15,23H,16-17H2,1H3,(H,28,33). The maximum absolute atomic E-state index is 12.7. The molecule has 0 fully saturated rings. The molecule has 1 aromatic heterocycles. The summed E-state index contributed by atoms with van der Waals surface area (Å²) in [5, 5.41) is 12.8. The molecular formula is C26H23ClN4O2S. The Balaban J connectivity index is 1.51. The van der Waals surface area contributed by atoms with E-state index in [0.29, 0.717) is 22.4 Å². The second-order valence-corrected chi connectivity index (χ2v) is 9.07. The lowest BCUT2D eigenvalue weighted by Crippen LogP contribution is -2.42. The third-order valence-electron chi connectivity index (χ3n) is 5.19. The Morgan fingerprint density at radius 1 is 0.941 bits per heavy atom. The zero-order valence-electron chi connectivity index (χ0n) is 18.5. The molecule has 1 amide bonds. The average molecular weight is 491 g/mol. The van der Waals surface area contributed by atoms with Gasteiger partial charge < -0.3 is 5.32 Å². The van der Waals surface area contributed by atoms with Gasteiger partial charge in [-0.15, -0.1) is 10.2 Å². The minimum atomic E-state index is -0.577. The predicted octanol–water partition coefficient (Wildman–Crippen LogP) is 5.00. The van der Waals surface area contributed by atoms with Crippen molar-refractivity contribution in [3.8, 4) is 17.1 Å². The van der Waals surface area contributed by atoms with Gasteiger partial charge in [0, 0.05) is 16.3 Å². The van der Waals surface area contributed by atoms with Crippen LogP contribution in [0.1, 0.15) is 12.5 Å². The number of thioether (sulfide) groups is 1. The highest BCUT2D eigenvalue weighted by atomic mass is 35.5. The molecule has 1 atom stereocenters. The van der Waals surface area contributed by atoms with Gasteiger partial charge >= 0.3 is 0 Å². The quantitative estimate of drug-likeness (QED) is 0.334. The van der Waals surface area contributed by atoms with Crippen LogP contribution in [-0.2, 0) is 16.0 Å².